The van der Waals surface area contributed by atoms with Crippen molar-refractivity contribution < 1.29 is 17.9 Å². The van der Waals surface area contributed by atoms with E-state index in [9.17, 15) is 13.2 Å². The van der Waals surface area contributed by atoms with Crippen molar-refractivity contribution in [1.29, 1.82) is 0 Å². The van der Waals surface area contributed by atoms with Crippen molar-refractivity contribution in [2.24, 2.45) is 11.7 Å². The van der Waals surface area contributed by atoms with E-state index in [2.05, 4.69) is 0 Å². The fraction of sp³-hybridized carbons (Fsp3) is 0.600. The highest BCUT2D eigenvalue weighted by molar-refractivity contribution is 5.24. The molecule has 3 nitrogen and oxygen atoms in total. The van der Waals surface area contributed by atoms with Crippen molar-refractivity contribution in [2.45, 2.75) is 18.9 Å². The SMILES string of the molecule is CN(CC1CCOCC1)C(CN)c1cc(F)c(F)cc1F. The Morgan fingerprint density at radius 1 is 1.19 bits per heavy atom. The van der Waals surface area contributed by atoms with Crippen LogP contribution in [0.2, 0.25) is 0 Å². The lowest BCUT2D eigenvalue weighted by atomic mass is 9.97. The van der Waals surface area contributed by atoms with Gasteiger partial charge in [-0.25, -0.2) is 13.2 Å². The van der Waals surface area contributed by atoms with E-state index in [4.69, 9.17) is 10.5 Å². The fourth-order valence-electron chi connectivity index (χ4n) is 2.80. The van der Waals surface area contributed by atoms with Crippen LogP contribution in [0, 0.1) is 23.4 Å². The molecule has 2 rings (SSSR count). The van der Waals surface area contributed by atoms with Crippen LogP contribution in [0.15, 0.2) is 12.1 Å². The third kappa shape index (κ3) is 3.96. The predicted octanol–water partition coefficient (Wildman–Crippen LogP) is 2.46. The molecule has 6 heteroatoms. The summed E-state index contributed by atoms with van der Waals surface area (Å²) in [6.45, 7) is 2.32. The Hall–Kier alpha value is -1.11. The molecule has 0 aliphatic carbocycles. The Bertz CT molecular complexity index is 478. The number of nitrogens with two attached hydrogens (primary N) is 1. The van der Waals surface area contributed by atoms with Crippen LogP contribution < -0.4 is 5.73 Å². The summed E-state index contributed by atoms with van der Waals surface area (Å²) in [4.78, 5) is 1.91. The monoisotopic (exact) mass is 302 g/mol. The lowest BCUT2D eigenvalue weighted by Crippen LogP contribution is -2.36. The number of nitrogens with zero attached hydrogens (tertiary/aromatic N) is 1. The molecule has 1 atom stereocenters. The van der Waals surface area contributed by atoms with Crippen LogP contribution in [-0.2, 0) is 4.74 Å². The van der Waals surface area contributed by atoms with Crippen LogP contribution in [0.25, 0.3) is 0 Å². The zero-order chi connectivity index (χ0) is 15.4. The number of hydrogen-bond donors (Lipinski definition) is 1. The highest BCUT2D eigenvalue weighted by Gasteiger charge is 2.24. The van der Waals surface area contributed by atoms with Gasteiger partial charge < -0.3 is 10.5 Å². The average Bonchev–Trinajstić information content (AvgIpc) is 2.46. The van der Waals surface area contributed by atoms with E-state index in [0.717, 1.165) is 38.7 Å². The summed E-state index contributed by atoms with van der Waals surface area (Å²) in [5.74, 6) is -2.54. The number of hydrogen-bond acceptors (Lipinski definition) is 3. The Morgan fingerprint density at radius 2 is 1.81 bits per heavy atom. The van der Waals surface area contributed by atoms with Gasteiger partial charge in [0, 0.05) is 44.0 Å². The van der Waals surface area contributed by atoms with Gasteiger partial charge in [-0.3, -0.25) is 4.90 Å². The maximum Gasteiger partial charge on any atom is 0.161 e. The van der Waals surface area contributed by atoms with Gasteiger partial charge in [-0.15, -0.1) is 0 Å². The molecule has 1 aromatic rings. The summed E-state index contributed by atoms with van der Waals surface area (Å²) < 4.78 is 45.6. The molecule has 0 bridgehead atoms. The fourth-order valence-corrected chi connectivity index (χ4v) is 2.80. The van der Waals surface area contributed by atoms with Crippen LogP contribution in [0.4, 0.5) is 13.2 Å². The Labute approximate surface area is 122 Å². The van der Waals surface area contributed by atoms with Crippen molar-refractivity contribution in [3.8, 4) is 0 Å². The van der Waals surface area contributed by atoms with E-state index in [0.29, 0.717) is 12.0 Å². The standard InChI is InChI=1S/C15H21F3N2O/c1-20(9-10-2-4-21-5-3-10)15(8-19)11-6-13(17)14(18)7-12(11)16/h6-7,10,15H,2-5,8-9,19H2,1H3. The van der Waals surface area contributed by atoms with Gasteiger partial charge in [-0.2, -0.15) is 0 Å². The van der Waals surface area contributed by atoms with Crippen molar-refractivity contribution in [3.05, 3.63) is 35.1 Å². The third-order valence-corrected chi connectivity index (χ3v) is 4.04. The molecule has 1 aliphatic rings. The summed E-state index contributed by atoms with van der Waals surface area (Å²) in [5.41, 5.74) is 5.82. The zero-order valence-electron chi connectivity index (χ0n) is 12.1. The molecule has 1 heterocycles. The first-order valence-electron chi connectivity index (χ1n) is 7.15. The minimum absolute atomic E-state index is 0.103. The maximum absolute atomic E-state index is 13.9. The molecule has 2 N–H and O–H groups in total. The van der Waals surface area contributed by atoms with Gasteiger partial charge in [-0.1, -0.05) is 0 Å². The Morgan fingerprint density at radius 3 is 2.43 bits per heavy atom. The molecule has 1 aliphatic heterocycles. The minimum Gasteiger partial charge on any atom is -0.381 e. The molecule has 1 aromatic carbocycles. The first-order valence-corrected chi connectivity index (χ1v) is 7.15. The number of benzene rings is 1. The van der Waals surface area contributed by atoms with Gasteiger partial charge in [0.2, 0.25) is 0 Å². The van der Waals surface area contributed by atoms with Crippen molar-refractivity contribution in [1.82, 2.24) is 4.90 Å². The summed E-state index contributed by atoms with van der Waals surface area (Å²) in [6.07, 6.45) is 1.89. The molecular formula is C15H21F3N2O. The summed E-state index contributed by atoms with van der Waals surface area (Å²) in [7, 11) is 1.83. The first-order chi connectivity index (χ1) is 10.0. The molecule has 118 valence electrons. The average molecular weight is 302 g/mol. The van der Waals surface area contributed by atoms with Gasteiger partial charge >= 0.3 is 0 Å². The van der Waals surface area contributed by atoms with Crippen molar-refractivity contribution in [2.75, 3.05) is 33.4 Å². The zero-order valence-corrected chi connectivity index (χ0v) is 12.1. The van der Waals surface area contributed by atoms with E-state index >= 15 is 0 Å². The van der Waals surface area contributed by atoms with Gasteiger partial charge in [0.25, 0.3) is 0 Å². The molecule has 0 spiro atoms. The van der Waals surface area contributed by atoms with Crippen LogP contribution in [0.1, 0.15) is 24.4 Å². The van der Waals surface area contributed by atoms with Gasteiger partial charge in [0.1, 0.15) is 5.82 Å². The van der Waals surface area contributed by atoms with E-state index < -0.39 is 23.5 Å². The first kappa shape index (κ1) is 16.3. The molecule has 0 radical (unpaired) electrons. The summed E-state index contributed by atoms with van der Waals surface area (Å²) in [5, 5.41) is 0. The van der Waals surface area contributed by atoms with E-state index in [1.165, 1.54) is 0 Å². The molecule has 1 saturated heterocycles. The highest BCUT2D eigenvalue weighted by Crippen LogP contribution is 2.26. The molecule has 1 unspecified atom stereocenters. The van der Waals surface area contributed by atoms with Crippen LogP contribution in [-0.4, -0.2) is 38.3 Å². The summed E-state index contributed by atoms with van der Waals surface area (Å²) in [6, 6.07) is 1.01. The Kier molecular flexibility index (Phi) is 5.61. The molecule has 21 heavy (non-hydrogen) atoms. The third-order valence-electron chi connectivity index (χ3n) is 4.04. The number of ether oxygens (including phenoxy) is 1. The Balaban J connectivity index is 2.12. The number of halogens is 3. The molecule has 1 fully saturated rings. The number of rotatable bonds is 5. The highest BCUT2D eigenvalue weighted by atomic mass is 19.2. The molecular weight excluding hydrogens is 281 g/mol. The lowest BCUT2D eigenvalue weighted by molar-refractivity contribution is 0.0504. The van der Waals surface area contributed by atoms with Gasteiger partial charge in [-0.05, 0) is 31.9 Å². The largest absolute Gasteiger partial charge is 0.381 e. The van der Waals surface area contributed by atoms with Crippen LogP contribution in [0.5, 0.6) is 0 Å². The molecule has 0 amide bonds. The van der Waals surface area contributed by atoms with E-state index in [1.807, 2.05) is 11.9 Å². The quantitative estimate of drug-likeness (QED) is 0.849. The van der Waals surface area contributed by atoms with Gasteiger partial charge in [0.05, 0.1) is 0 Å². The second-order valence-corrected chi connectivity index (χ2v) is 5.53. The van der Waals surface area contributed by atoms with E-state index in [1.54, 1.807) is 0 Å². The second-order valence-electron chi connectivity index (χ2n) is 5.53. The van der Waals surface area contributed by atoms with Gasteiger partial charge in [0.15, 0.2) is 11.6 Å². The molecule has 0 aromatic heterocycles. The lowest BCUT2D eigenvalue weighted by Gasteiger charge is -2.32. The number of likely N-dealkylation sites (N-methyl/N-ethyl adjacent to an activating group) is 1. The van der Waals surface area contributed by atoms with Crippen molar-refractivity contribution in [3.63, 3.8) is 0 Å². The maximum atomic E-state index is 13.9. The topological polar surface area (TPSA) is 38.5 Å². The predicted molar refractivity (Wildman–Crippen MR) is 74.3 cm³/mol. The van der Waals surface area contributed by atoms with Crippen LogP contribution >= 0.6 is 0 Å². The summed E-state index contributed by atoms with van der Waals surface area (Å²) >= 11 is 0. The van der Waals surface area contributed by atoms with Crippen molar-refractivity contribution >= 4 is 0 Å². The van der Waals surface area contributed by atoms with Crippen LogP contribution in [0.3, 0.4) is 0 Å². The normalized spacial score (nSPS) is 18.2. The minimum atomic E-state index is -1.18. The smallest absolute Gasteiger partial charge is 0.161 e. The molecule has 0 saturated carbocycles. The van der Waals surface area contributed by atoms with E-state index in [-0.39, 0.29) is 12.1 Å². The second kappa shape index (κ2) is 7.24.